The molecule has 2 aromatic heterocycles. The quantitative estimate of drug-likeness (QED) is 0.400. The number of anilines is 1. The molecule has 0 bridgehead atoms. The predicted octanol–water partition coefficient (Wildman–Crippen LogP) is 4.28. The fourth-order valence-corrected chi connectivity index (χ4v) is 4.69. The van der Waals surface area contributed by atoms with Crippen molar-refractivity contribution in [1.82, 2.24) is 19.3 Å². The molecule has 1 N–H and O–H groups in total. The molecule has 7 heteroatoms. The van der Waals surface area contributed by atoms with Gasteiger partial charge in [-0.1, -0.05) is 36.4 Å². The summed E-state index contributed by atoms with van der Waals surface area (Å²) in [6.45, 7) is 5.26. The standard InChI is InChI=1S/C27H29N5O2/c33-25(17-19-5-6-19)21-9-7-20(8-10-21)24-18-29-27-26(28-11-12-31-13-15-34-16-14-31)30-22-3-1-2-4-23(22)32(24)27/h1-4,7-10,18-19H,5-6,11-17H2,(H,28,30). The molecule has 7 nitrogen and oxygen atoms in total. The van der Waals surface area contributed by atoms with Crippen molar-refractivity contribution < 1.29 is 9.53 Å². The molecular formula is C27H29N5O2. The minimum Gasteiger partial charge on any atom is -0.379 e. The van der Waals surface area contributed by atoms with Gasteiger partial charge in [-0.25, -0.2) is 9.97 Å². The van der Waals surface area contributed by atoms with Crippen molar-refractivity contribution in [1.29, 1.82) is 0 Å². The number of aromatic nitrogens is 3. The fourth-order valence-electron chi connectivity index (χ4n) is 4.69. The van der Waals surface area contributed by atoms with Gasteiger partial charge in [0.15, 0.2) is 17.2 Å². The van der Waals surface area contributed by atoms with Crippen molar-refractivity contribution in [3.05, 3.63) is 60.3 Å². The number of ketones is 1. The summed E-state index contributed by atoms with van der Waals surface area (Å²) in [6.07, 6.45) is 4.95. The van der Waals surface area contributed by atoms with Crippen molar-refractivity contribution in [3.63, 3.8) is 0 Å². The summed E-state index contributed by atoms with van der Waals surface area (Å²) in [7, 11) is 0. The van der Waals surface area contributed by atoms with Gasteiger partial charge >= 0.3 is 0 Å². The summed E-state index contributed by atoms with van der Waals surface area (Å²) < 4.78 is 7.62. The number of hydrogen-bond donors (Lipinski definition) is 1. The molecule has 1 aliphatic carbocycles. The molecule has 2 aliphatic rings. The number of rotatable bonds is 8. The van der Waals surface area contributed by atoms with E-state index < -0.39 is 0 Å². The molecular weight excluding hydrogens is 426 g/mol. The zero-order valence-electron chi connectivity index (χ0n) is 19.2. The Balaban J connectivity index is 1.31. The zero-order valence-corrected chi connectivity index (χ0v) is 19.2. The van der Waals surface area contributed by atoms with Gasteiger partial charge in [0.25, 0.3) is 0 Å². The number of Topliss-reactive ketones (excluding diaryl/α,β-unsaturated/α-hetero) is 1. The molecule has 1 saturated heterocycles. The molecule has 0 spiro atoms. The van der Waals surface area contributed by atoms with Crippen LogP contribution in [0.1, 0.15) is 29.6 Å². The fraction of sp³-hybridized carbons (Fsp3) is 0.370. The van der Waals surface area contributed by atoms with E-state index >= 15 is 0 Å². The van der Waals surface area contributed by atoms with Gasteiger partial charge in [-0.2, -0.15) is 0 Å². The van der Waals surface area contributed by atoms with Crippen LogP contribution in [0.15, 0.2) is 54.7 Å². The largest absolute Gasteiger partial charge is 0.379 e. The molecule has 0 amide bonds. The number of fused-ring (bicyclic) bond motifs is 3. The molecule has 1 saturated carbocycles. The Morgan fingerprint density at radius 1 is 1.06 bits per heavy atom. The lowest BCUT2D eigenvalue weighted by Crippen LogP contribution is -2.39. The number of morpholine rings is 1. The Labute approximate surface area is 198 Å². The van der Waals surface area contributed by atoms with Crippen LogP contribution in [-0.4, -0.2) is 64.4 Å². The summed E-state index contributed by atoms with van der Waals surface area (Å²) in [5.41, 5.74) is 5.56. The normalized spacial score (nSPS) is 16.8. The average Bonchev–Trinajstić information content (AvgIpc) is 3.58. The van der Waals surface area contributed by atoms with Crippen molar-refractivity contribution in [2.75, 3.05) is 44.7 Å². The second-order valence-electron chi connectivity index (χ2n) is 9.28. The first-order valence-electron chi connectivity index (χ1n) is 12.2. The van der Waals surface area contributed by atoms with Crippen LogP contribution in [0.2, 0.25) is 0 Å². The molecule has 0 radical (unpaired) electrons. The second kappa shape index (κ2) is 9.16. The second-order valence-corrected chi connectivity index (χ2v) is 9.28. The topological polar surface area (TPSA) is 71.8 Å². The summed E-state index contributed by atoms with van der Waals surface area (Å²) >= 11 is 0. The minimum absolute atomic E-state index is 0.244. The Morgan fingerprint density at radius 3 is 2.65 bits per heavy atom. The predicted molar refractivity (Wildman–Crippen MR) is 133 cm³/mol. The monoisotopic (exact) mass is 455 g/mol. The third kappa shape index (κ3) is 4.29. The van der Waals surface area contributed by atoms with Crippen molar-refractivity contribution in [2.24, 2.45) is 5.92 Å². The molecule has 6 rings (SSSR count). The van der Waals surface area contributed by atoms with Crippen LogP contribution in [0.3, 0.4) is 0 Å². The summed E-state index contributed by atoms with van der Waals surface area (Å²) in [5.74, 6) is 1.63. The third-order valence-corrected chi connectivity index (χ3v) is 6.83. The van der Waals surface area contributed by atoms with Gasteiger partial charge in [0.05, 0.1) is 36.1 Å². The lowest BCUT2D eigenvalue weighted by Gasteiger charge is -2.26. The lowest BCUT2D eigenvalue weighted by molar-refractivity contribution is 0.0398. The highest BCUT2D eigenvalue weighted by molar-refractivity contribution is 5.97. The van der Waals surface area contributed by atoms with Crippen molar-refractivity contribution in [2.45, 2.75) is 19.3 Å². The molecule has 2 fully saturated rings. The number of carbonyl (C=O) groups is 1. The maximum Gasteiger partial charge on any atom is 0.181 e. The molecule has 4 aromatic rings. The highest BCUT2D eigenvalue weighted by Crippen LogP contribution is 2.34. The number of benzene rings is 2. The first-order chi connectivity index (χ1) is 16.8. The van der Waals surface area contributed by atoms with Crippen LogP contribution in [-0.2, 0) is 4.74 Å². The van der Waals surface area contributed by atoms with Gasteiger partial charge in [-0.15, -0.1) is 0 Å². The van der Waals surface area contributed by atoms with Crippen LogP contribution in [0, 0.1) is 5.92 Å². The maximum atomic E-state index is 12.5. The average molecular weight is 456 g/mol. The highest BCUT2D eigenvalue weighted by Gasteiger charge is 2.25. The van der Waals surface area contributed by atoms with Crippen molar-refractivity contribution >= 4 is 28.3 Å². The number of para-hydroxylation sites is 2. The van der Waals surface area contributed by atoms with E-state index in [1.165, 1.54) is 12.8 Å². The Morgan fingerprint density at radius 2 is 1.85 bits per heavy atom. The van der Waals surface area contributed by atoms with E-state index in [9.17, 15) is 4.79 Å². The van der Waals surface area contributed by atoms with E-state index in [2.05, 4.69) is 20.7 Å². The van der Waals surface area contributed by atoms with Crippen LogP contribution >= 0.6 is 0 Å². The number of carbonyl (C=O) groups excluding carboxylic acids is 1. The minimum atomic E-state index is 0.244. The number of nitrogens with one attached hydrogen (secondary N) is 1. The van der Waals surface area contributed by atoms with Crippen LogP contribution < -0.4 is 5.32 Å². The van der Waals surface area contributed by atoms with E-state index in [0.29, 0.717) is 12.3 Å². The molecule has 0 unspecified atom stereocenters. The van der Waals surface area contributed by atoms with E-state index in [1.807, 2.05) is 48.7 Å². The number of hydrogen-bond acceptors (Lipinski definition) is 6. The molecule has 174 valence electrons. The number of ether oxygens (including phenoxy) is 1. The Kier molecular flexibility index (Phi) is 5.73. The van der Waals surface area contributed by atoms with Crippen LogP contribution in [0.4, 0.5) is 5.82 Å². The van der Waals surface area contributed by atoms with Gasteiger partial charge in [0.1, 0.15) is 0 Å². The van der Waals surface area contributed by atoms with E-state index in [4.69, 9.17) is 14.7 Å². The molecule has 2 aromatic carbocycles. The van der Waals surface area contributed by atoms with Crippen LogP contribution in [0.5, 0.6) is 0 Å². The summed E-state index contributed by atoms with van der Waals surface area (Å²) in [6, 6.07) is 16.1. The Bertz CT molecular complexity index is 1320. The van der Waals surface area contributed by atoms with Crippen molar-refractivity contribution in [3.8, 4) is 11.3 Å². The molecule has 34 heavy (non-hydrogen) atoms. The van der Waals surface area contributed by atoms with Gasteiger partial charge in [0.2, 0.25) is 0 Å². The van der Waals surface area contributed by atoms with E-state index in [-0.39, 0.29) is 5.78 Å². The lowest BCUT2D eigenvalue weighted by atomic mass is 10.0. The molecule has 0 atom stereocenters. The third-order valence-electron chi connectivity index (χ3n) is 6.83. The number of imidazole rings is 1. The summed E-state index contributed by atoms with van der Waals surface area (Å²) in [4.78, 5) is 24.5. The van der Waals surface area contributed by atoms with Gasteiger partial charge < -0.3 is 10.1 Å². The molecule has 3 heterocycles. The Hall–Kier alpha value is -3.29. The first kappa shape index (κ1) is 21.3. The highest BCUT2D eigenvalue weighted by atomic mass is 16.5. The smallest absolute Gasteiger partial charge is 0.181 e. The zero-order chi connectivity index (χ0) is 22.9. The van der Waals surface area contributed by atoms with Gasteiger partial charge in [0, 0.05) is 43.7 Å². The van der Waals surface area contributed by atoms with E-state index in [1.54, 1.807) is 0 Å². The van der Waals surface area contributed by atoms with Gasteiger partial charge in [-0.3, -0.25) is 14.1 Å². The maximum absolute atomic E-state index is 12.5. The van der Waals surface area contributed by atoms with Crippen LogP contribution in [0.25, 0.3) is 27.9 Å². The van der Waals surface area contributed by atoms with Gasteiger partial charge in [-0.05, 0) is 30.9 Å². The summed E-state index contributed by atoms with van der Waals surface area (Å²) in [5, 5.41) is 3.52. The molecule has 1 aliphatic heterocycles. The SMILES string of the molecule is O=C(CC1CC1)c1ccc(-c2cnc3c(NCCN4CCOCC4)nc4ccccc4n23)cc1. The number of nitrogens with zero attached hydrogens (tertiary/aromatic N) is 4. The van der Waals surface area contributed by atoms with E-state index in [0.717, 1.165) is 78.7 Å². The first-order valence-corrected chi connectivity index (χ1v) is 12.2.